The highest BCUT2D eigenvalue weighted by molar-refractivity contribution is 7.90. The van der Waals surface area contributed by atoms with Crippen molar-refractivity contribution >= 4 is 26.7 Å². The summed E-state index contributed by atoms with van der Waals surface area (Å²) < 4.78 is 31.7. The first-order valence-electron chi connectivity index (χ1n) is 11.1. The maximum absolute atomic E-state index is 13.1. The van der Waals surface area contributed by atoms with E-state index in [0.717, 1.165) is 16.5 Å². The van der Waals surface area contributed by atoms with Gasteiger partial charge in [0.2, 0.25) is 0 Å². The van der Waals surface area contributed by atoms with Crippen molar-refractivity contribution in [1.29, 1.82) is 0 Å². The highest BCUT2D eigenvalue weighted by atomic mass is 32.2. The number of benzene rings is 1. The number of likely N-dealkylation sites (tertiary alicyclic amines) is 1. The van der Waals surface area contributed by atoms with Crippen molar-refractivity contribution in [2.24, 2.45) is 0 Å². The van der Waals surface area contributed by atoms with Crippen molar-refractivity contribution < 1.29 is 17.9 Å². The monoisotopic (exact) mass is 467 g/mol. The van der Waals surface area contributed by atoms with Crippen LogP contribution in [0.25, 0.3) is 10.8 Å². The molecule has 0 unspecified atom stereocenters. The molecule has 0 radical (unpaired) electrons. The van der Waals surface area contributed by atoms with Crippen molar-refractivity contribution in [1.82, 2.24) is 14.9 Å². The van der Waals surface area contributed by atoms with Crippen LogP contribution in [0, 0.1) is 0 Å². The highest BCUT2D eigenvalue weighted by Gasteiger charge is 2.28. The van der Waals surface area contributed by atoms with Crippen molar-refractivity contribution in [2.45, 2.75) is 55.9 Å². The van der Waals surface area contributed by atoms with E-state index in [9.17, 15) is 13.2 Å². The number of fused-ring (bicyclic) bond motifs is 1. The summed E-state index contributed by atoms with van der Waals surface area (Å²) >= 11 is 0. The molecule has 0 aliphatic carbocycles. The summed E-state index contributed by atoms with van der Waals surface area (Å²) in [6, 6.07) is 12.6. The Hall–Kier alpha value is -3.00. The molecular formula is C25H29N3O4S. The van der Waals surface area contributed by atoms with Crippen LogP contribution in [0.1, 0.15) is 50.8 Å². The average Bonchev–Trinajstić information content (AvgIpc) is 2.78. The standard InChI is InChI=1S/C25H29N3O4S/c1-25(2,3)32-24(29)28-13-10-19(11-14-28)22-5-4-6-23(27-22)33(30,31)17-18-7-8-21-16-26-12-9-20(21)15-18/h4-9,12,15-16,19H,10-11,13-14,17H2,1-3H3. The number of sulfone groups is 1. The molecule has 0 spiro atoms. The SMILES string of the molecule is CC(C)(C)OC(=O)N1CCC(c2cccc(S(=O)(=O)Cc3ccc4cnccc4c3)n2)CC1. The zero-order valence-electron chi connectivity index (χ0n) is 19.2. The number of rotatable bonds is 4. The molecule has 1 aromatic carbocycles. The number of carbonyl (C=O) groups excluding carboxylic acids is 1. The molecule has 0 saturated carbocycles. The third-order valence-electron chi connectivity index (χ3n) is 5.69. The molecule has 3 heterocycles. The second-order valence-corrected chi connectivity index (χ2v) is 11.4. The van der Waals surface area contributed by atoms with Gasteiger partial charge in [-0.15, -0.1) is 0 Å². The maximum atomic E-state index is 13.1. The van der Waals surface area contributed by atoms with Gasteiger partial charge in [-0.3, -0.25) is 4.98 Å². The molecule has 174 valence electrons. The van der Waals surface area contributed by atoms with Gasteiger partial charge < -0.3 is 9.64 Å². The molecule has 33 heavy (non-hydrogen) atoms. The number of hydrogen-bond donors (Lipinski definition) is 0. The van der Waals surface area contributed by atoms with E-state index < -0.39 is 15.4 Å². The minimum Gasteiger partial charge on any atom is -0.444 e. The van der Waals surface area contributed by atoms with Crippen LogP contribution < -0.4 is 0 Å². The summed E-state index contributed by atoms with van der Waals surface area (Å²) in [7, 11) is -3.60. The highest BCUT2D eigenvalue weighted by Crippen LogP contribution is 2.29. The smallest absolute Gasteiger partial charge is 0.410 e. The molecule has 1 aliphatic heterocycles. The lowest BCUT2D eigenvalue weighted by Crippen LogP contribution is -2.41. The van der Waals surface area contributed by atoms with Crippen LogP contribution in [0.15, 0.2) is 59.9 Å². The molecule has 3 aromatic rings. The fourth-order valence-electron chi connectivity index (χ4n) is 4.03. The predicted octanol–water partition coefficient (Wildman–Crippen LogP) is 4.72. The van der Waals surface area contributed by atoms with E-state index in [1.165, 1.54) is 0 Å². The van der Waals surface area contributed by atoms with E-state index in [4.69, 9.17) is 4.74 Å². The van der Waals surface area contributed by atoms with Crippen LogP contribution in [-0.2, 0) is 20.3 Å². The Bertz CT molecular complexity index is 1260. The van der Waals surface area contributed by atoms with Crippen LogP contribution in [0.4, 0.5) is 4.79 Å². The minimum atomic E-state index is -3.60. The number of carbonyl (C=O) groups is 1. The predicted molar refractivity (Wildman–Crippen MR) is 127 cm³/mol. The molecule has 1 saturated heterocycles. The quantitative estimate of drug-likeness (QED) is 0.552. The van der Waals surface area contributed by atoms with Crippen LogP contribution in [0.3, 0.4) is 0 Å². The van der Waals surface area contributed by atoms with Crippen molar-refractivity contribution in [3.63, 3.8) is 0 Å². The van der Waals surface area contributed by atoms with Gasteiger partial charge in [0.25, 0.3) is 0 Å². The number of nitrogens with zero attached hydrogens (tertiary/aromatic N) is 3. The van der Waals surface area contributed by atoms with Gasteiger partial charge in [-0.05, 0) is 62.8 Å². The number of hydrogen-bond acceptors (Lipinski definition) is 6. The molecule has 0 atom stereocenters. The van der Waals surface area contributed by atoms with Gasteiger partial charge in [-0.2, -0.15) is 0 Å². The second-order valence-electron chi connectivity index (χ2n) is 9.46. The van der Waals surface area contributed by atoms with E-state index in [1.807, 2.05) is 51.1 Å². The summed E-state index contributed by atoms with van der Waals surface area (Å²) in [5, 5.41) is 2.01. The van der Waals surface area contributed by atoms with Gasteiger partial charge in [-0.25, -0.2) is 18.2 Å². The topological polar surface area (TPSA) is 89.5 Å². The van der Waals surface area contributed by atoms with Gasteiger partial charge in [0.1, 0.15) is 5.60 Å². The molecule has 8 heteroatoms. The van der Waals surface area contributed by atoms with E-state index in [-0.39, 0.29) is 22.8 Å². The number of ether oxygens (including phenoxy) is 1. The number of aromatic nitrogens is 2. The first-order chi connectivity index (χ1) is 15.6. The molecule has 1 aliphatic rings. The molecule has 0 bridgehead atoms. The van der Waals surface area contributed by atoms with E-state index in [1.54, 1.807) is 29.4 Å². The minimum absolute atomic E-state index is 0.0874. The number of amides is 1. The Balaban J connectivity index is 1.45. The van der Waals surface area contributed by atoms with E-state index in [0.29, 0.717) is 31.5 Å². The average molecular weight is 468 g/mol. The van der Waals surface area contributed by atoms with E-state index in [2.05, 4.69) is 9.97 Å². The fraction of sp³-hybridized carbons (Fsp3) is 0.400. The largest absolute Gasteiger partial charge is 0.444 e. The first kappa shape index (κ1) is 23.2. The summed E-state index contributed by atoms with van der Waals surface area (Å²) in [6.45, 7) is 6.67. The summed E-state index contributed by atoms with van der Waals surface area (Å²) in [5.41, 5.74) is 0.941. The van der Waals surface area contributed by atoms with Gasteiger partial charge >= 0.3 is 6.09 Å². The van der Waals surface area contributed by atoms with Crippen molar-refractivity contribution in [3.05, 3.63) is 66.1 Å². The van der Waals surface area contributed by atoms with Gasteiger partial charge in [0, 0.05) is 42.5 Å². The van der Waals surface area contributed by atoms with Gasteiger partial charge in [0.05, 0.1) is 5.75 Å². The summed E-state index contributed by atoms with van der Waals surface area (Å²) in [6.07, 6.45) is 4.58. The Labute approximate surface area is 194 Å². The Morgan fingerprint density at radius 3 is 2.58 bits per heavy atom. The lowest BCUT2D eigenvalue weighted by Gasteiger charge is -2.33. The van der Waals surface area contributed by atoms with Crippen molar-refractivity contribution in [3.8, 4) is 0 Å². The van der Waals surface area contributed by atoms with Gasteiger partial charge in [0.15, 0.2) is 14.9 Å². The molecule has 1 fully saturated rings. The van der Waals surface area contributed by atoms with Crippen LogP contribution in [0.2, 0.25) is 0 Å². The molecule has 0 N–H and O–H groups in total. The molecule has 7 nitrogen and oxygen atoms in total. The molecule has 4 rings (SSSR count). The lowest BCUT2D eigenvalue weighted by atomic mass is 9.93. The lowest BCUT2D eigenvalue weighted by molar-refractivity contribution is 0.0204. The maximum Gasteiger partial charge on any atom is 0.410 e. The number of pyridine rings is 2. The Morgan fingerprint density at radius 1 is 1.09 bits per heavy atom. The third kappa shape index (κ3) is 5.68. The number of piperidine rings is 1. The molecular weight excluding hydrogens is 438 g/mol. The van der Waals surface area contributed by atoms with Crippen molar-refractivity contribution in [2.75, 3.05) is 13.1 Å². The zero-order chi connectivity index (χ0) is 23.6. The zero-order valence-corrected chi connectivity index (χ0v) is 20.0. The Morgan fingerprint density at radius 2 is 1.85 bits per heavy atom. The van der Waals surface area contributed by atoms with Crippen LogP contribution in [0.5, 0.6) is 0 Å². The molecule has 1 amide bonds. The molecule has 2 aromatic heterocycles. The first-order valence-corrected chi connectivity index (χ1v) is 12.8. The second kappa shape index (κ2) is 9.09. The summed E-state index contributed by atoms with van der Waals surface area (Å²) in [5.74, 6) is -0.00859. The van der Waals surface area contributed by atoms with E-state index >= 15 is 0 Å². The van der Waals surface area contributed by atoms with Crippen LogP contribution >= 0.6 is 0 Å². The normalized spacial score (nSPS) is 15.5. The third-order valence-corrected chi connectivity index (χ3v) is 7.27. The summed E-state index contributed by atoms with van der Waals surface area (Å²) in [4.78, 5) is 22.6. The fourth-order valence-corrected chi connectivity index (χ4v) is 5.33. The van der Waals surface area contributed by atoms with Crippen LogP contribution in [-0.4, -0.2) is 48.1 Å². The van der Waals surface area contributed by atoms with Gasteiger partial charge in [-0.1, -0.05) is 24.3 Å². The Kier molecular flexibility index (Phi) is 6.38.